The van der Waals surface area contributed by atoms with E-state index in [1.54, 1.807) is 0 Å². The first kappa shape index (κ1) is 12.2. The van der Waals surface area contributed by atoms with Crippen LogP contribution in [0.3, 0.4) is 0 Å². The molecule has 0 aromatic rings. The number of nitrogens with zero attached hydrogens (tertiary/aromatic N) is 2. The number of rotatable bonds is 3. The van der Waals surface area contributed by atoms with Crippen molar-refractivity contribution in [2.45, 2.75) is 19.8 Å². The molecule has 0 radical (unpaired) electrons. The minimum absolute atomic E-state index is 1.07. The van der Waals surface area contributed by atoms with Gasteiger partial charge < -0.3 is 9.80 Å². The highest BCUT2D eigenvalue weighted by Gasteiger charge is 2.05. The molecule has 1 heterocycles. The van der Waals surface area contributed by atoms with Crippen LogP contribution in [-0.4, -0.2) is 40.6 Å². The van der Waals surface area contributed by atoms with Crippen molar-refractivity contribution in [2.75, 3.05) is 20.3 Å². The molecule has 1 aliphatic rings. The van der Waals surface area contributed by atoms with Crippen LogP contribution in [-0.2, 0) is 5.04 Å². The molecule has 0 saturated carbocycles. The number of hydrogen-bond donors (Lipinski definition) is 2. The Morgan fingerprint density at radius 2 is 2.00 bits per heavy atom. The molecule has 0 fully saturated rings. The van der Waals surface area contributed by atoms with Gasteiger partial charge in [0.15, 0.2) is 0 Å². The van der Waals surface area contributed by atoms with E-state index in [2.05, 4.69) is 41.2 Å². The summed E-state index contributed by atoms with van der Waals surface area (Å²) in [7, 11) is 2.10. The van der Waals surface area contributed by atoms with Crippen LogP contribution in [0.5, 0.6) is 0 Å². The molecule has 13 heavy (non-hydrogen) atoms. The van der Waals surface area contributed by atoms with Crippen LogP contribution in [0.2, 0.25) is 0 Å². The van der Waals surface area contributed by atoms with E-state index in [-0.39, 0.29) is 0 Å². The van der Waals surface area contributed by atoms with Gasteiger partial charge in [-0.2, -0.15) is 0 Å². The summed E-state index contributed by atoms with van der Waals surface area (Å²) in [6, 6.07) is 0. The van der Waals surface area contributed by atoms with Gasteiger partial charge in [-0.15, -0.1) is 0 Å². The SMILES string of the molecule is CCCCN1C=CN(C)C1.OOO. The van der Waals surface area contributed by atoms with Crippen LogP contribution < -0.4 is 0 Å². The molecule has 1 rings (SSSR count). The fraction of sp³-hybridized carbons (Fsp3) is 0.750. The van der Waals surface area contributed by atoms with E-state index in [1.807, 2.05) is 0 Å². The molecule has 5 nitrogen and oxygen atoms in total. The van der Waals surface area contributed by atoms with Crippen molar-refractivity contribution in [1.82, 2.24) is 9.80 Å². The fourth-order valence-corrected chi connectivity index (χ4v) is 1.10. The first-order valence-corrected chi connectivity index (χ1v) is 4.32. The van der Waals surface area contributed by atoms with Gasteiger partial charge in [0.05, 0.1) is 6.67 Å². The molecule has 0 aromatic heterocycles. The lowest BCUT2D eigenvalue weighted by Crippen LogP contribution is -2.23. The Labute approximate surface area is 78.7 Å². The Kier molecular flexibility index (Phi) is 7.38. The molecule has 0 atom stereocenters. The molecule has 5 heteroatoms. The molecule has 0 bridgehead atoms. The normalized spacial score (nSPS) is 14.5. The van der Waals surface area contributed by atoms with Gasteiger partial charge in [-0.25, -0.2) is 10.5 Å². The second-order valence-electron chi connectivity index (χ2n) is 2.94. The Morgan fingerprint density at radius 1 is 1.38 bits per heavy atom. The van der Waals surface area contributed by atoms with E-state index in [0.717, 1.165) is 6.67 Å². The minimum Gasteiger partial charge on any atom is -0.362 e. The van der Waals surface area contributed by atoms with Crippen molar-refractivity contribution >= 4 is 0 Å². The van der Waals surface area contributed by atoms with Crippen LogP contribution in [0.4, 0.5) is 0 Å². The quantitative estimate of drug-likeness (QED) is 0.520. The van der Waals surface area contributed by atoms with Crippen LogP contribution in [0.1, 0.15) is 19.8 Å². The van der Waals surface area contributed by atoms with Gasteiger partial charge in [-0.3, -0.25) is 0 Å². The maximum Gasteiger partial charge on any atom is 0.0890 e. The van der Waals surface area contributed by atoms with Crippen LogP contribution in [0.15, 0.2) is 12.4 Å². The summed E-state index contributed by atoms with van der Waals surface area (Å²) in [6.07, 6.45) is 6.87. The molecule has 0 spiro atoms. The highest BCUT2D eigenvalue weighted by atomic mass is 17.4. The van der Waals surface area contributed by atoms with E-state index in [0.29, 0.717) is 0 Å². The van der Waals surface area contributed by atoms with Crippen molar-refractivity contribution < 1.29 is 15.6 Å². The second kappa shape index (κ2) is 7.85. The minimum atomic E-state index is 1.07. The lowest BCUT2D eigenvalue weighted by Gasteiger charge is -2.17. The van der Waals surface area contributed by atoms with Crippen molar-refractivity contribution in [3.05, 3.63) is 12.4 Å². The molecule has 78 valence electrons. The molecule has 1 aliphatic heterocycles. The van der Waals surface area contributed by atoms with Gasteiger partial charge >= 0.3 is 0 Å². The number of hydrogen-bond acceptors (Lipinski definition) is 5. The maximum atomic E-state index is 6.62. The summed E-state index contributed by atoms with van der Waals surface area (Å²) in [5.41, 5.74) is 0. The van der Waals surface area contributed by atoms with Crippen molar-refractivity contribution in [3.8, 4) is 0 Å². The van der Waals surface area contributed by atoms with Crippen molar-refractivity contribution in [2.24, 2.45) is 0 Å². The van der Waals surface area contributed by atoms with Gasteiger partial charge in [-0.05, 0) is 6.42 Å². The monoisotopic (exact) mass is 190 g/mol. The van der Waals surface area contributed by atoms with Crippen LogP contribution >= 0.6 is 0 Å². The smallest absolute Gasteiger partial charge is 0.0890 e. The van der Waals surface area contributed by atoms with Gasteiger partial charge in [-0.1, -0.05) is 18.4 Å². The fourth-order valence-electron chi connectivity index (χ4n) is 1.10. The zero-order valence-electron chi connectivity index (χ0n) is 8.18. The topological polar surface area (TPSA) is 56.2 Å². The zero-order valence-corrected chi connectivity index (χ0v) is 8.18. The third-order valence-electron chi connectivity index (χ3n) is 1.74. The summed E-state index contributed by atoms with van der Waals surface area (Å²) in [5.74, 6) is 0. The molecule has 0 saturated heterocycles. The van der Waals surface area contributed by atoms with Crippen LogP contribution in [0.25, 0.3) is 0 Å². The second-order valence-corrected chi connectivity index (χ2v) is 2.94. The Bertz CT molecular complexity index is 141. The average Bonchev–Trinajstić information content (AvgIpc) is 2.49. The Morgan fingerprint density at radius 3 is 2.38 bits per heavy atom. The van der Waals surface area contributed by atoms with Crippen LogP contribution in [0, 0.1) is 0 Å². The van der Waals surface area contributed by atoms with E-state index in [1.165, 1.54) is 19.4 Å². The summed E-state index contributed by atoms with van der Waals surface area (Å²) in [5, 5.41) is 15.5. The standard InChI is InChI=1S/C8H16N2.H2O3/c1-3-4-5-10-7-6-9(2)8-10;1-3-2/h6-7H,3-5,8H2,1-2H3;1-2H. The molecular weight excluding hydrogens is 172 g/mol. The first-order chi connectivity index (χ1) is 6.24. The molecule has 2 N–H and O–H groups in total. The summed E-state index contributed by atoms with van der Waals surface area (Å²) >= 11 is 0. The Balaban J connectivity index is 0.000000424. The van der Waals surface area contributed by atoms with E-state index in [9.17, 15) is 0 Å². The first-order valence-electron chi connectivity index (χ1n) is 4.32. The van der Waals surface area contributed by atoms with E-state index in [4.69, 9.17) is 10.5 Å². The van der Waals surface area contributed by atoms with Gasteiger partial charge in [0.1, 0.15) is 0 Å². The summed E-state index contributed by atoms with van der Waals surface area (Å²) in [4.78, 5) is 4.53. The summed E-state index contributed by atoms with van der Waals surface area (Å²) in [6.45, 7) is 4.50. The van der Waals surface area contributed by atoms with E-state index < -0.39 is 0 Å². The highest BCUT2D eigenvalue weighted by molar-refractivity contribution is 4.88. The largest absolute Gasteiger partial charge is 0.362 e. The zero-order chi connectivity index (χ0) is 10.1. The predicted molar refractivity (Wildman–Crippen MR) is 49.7 cm³/mol. The highest BCUT2D eigenvalue weighted by Crippen LogP contribution is 2.04. The molecule has 0 amide bonds. The van der Waals surface area contributed by atoms with Crippen molar-refractivity contribution in [3.63, 3.8) is 0 Å². The van der Waals surface area contributed by atoms with Gasteiger partial charge in [0.25, 0.3) is 0 Å². The third-order valence-corrected chi connectivity index (χ3v) is 1.74. The van der Waals surface area contributed by atoms with Crippen molar-refractivity contribution in [1.29, 1.82) is 0 Å². The number of unbranched alkanes of at least 4 members (excludes halogenated alkanes) is 1. The van der Waals surface area contributed by atoms with E-state index >= 15 is 0 Å². The lowest BCUT2D eigenvalue weighted by molar-refractivity contribution is -0.465. The van der Waals surface area contributed by atoms with Gasteiger partial charge in [0.2, 0.25) is 0 Å². The maximum absolute atomic E-state index is 6.62. The molecule has 0 aliphatic carbocycles. The predicted octanol–water partition coefficient (Wildman–Crippen LogP) is 1.41. The summed E-state index contributed by atoms with van der Waals surface area (Å²) < 4.78 is 0. The third kappa shape index (κ3) is 6.39. The average molecular weight is 190 g/mol. The van der Waals surface area contributed by atoms with Gasteiger partial charge in [0, 0.05) is 26.0 Å². The molecular formula is C8H18N2O3. The lowest BCUT2D eigenvalue weighted by atomic mass is 10.3. The molecule has 0 unspecified atom stereocenters. The Hall–Kier alpha value is -0.780. The molecule has 0 aromatic carbocycles.